The molecule has 0 atom stereocenters. The third-order valence-corrected chi connectivity index (χ3v) is 3.42. The van der Waals surface area contributed by atoms with Crippen LogP contribution >= 0.6 is 0 Å². The number of nitrogens with zero attached hydrogens (tertiary/aromatic N) is 2. The summed E-state index contributed by atoms with van der Waals surface area (Å²) in [4.78, 5) is 12.3. The lowest BCUT2D eigenvalue weighted by atomic mass is 10.1. The van der Waals surface area contributed by atoms with E-state index in [0.29, 0.717) is 16.8 Å². The Balaban J connectivity index is 1.88. The average molecular weight is 304 g/mol. The number of carbonyl (C=O) groups excluding carboxylic acids is 1. The van der Waals surface area contributed by atoms with Crippen LogP contribution < -0.4 is 10.6 Å². The van der Waals surface area contributed by atoms with Crippen molar-refractivity contribution in [3.05, 3.63) is 47.3 Å². The number of hydrogen-bond donors (Lipinski definition) is 2. The van der Waals surface area contributed by atoms with Crippen molar-refractivity contribution >= 4 is 17.3 Å². The second-order valence-electron chi connectivity index (χ2n) is 5.27. The summed E-state index contributed by atoms with van der Waals surface area (Å²) in [5.74, 6) is -2.42. The summed E-state index contributed by atoms with van der Waals surface area (Å²) in [7, 11) is 0. The van der Waals surface area contributed by atoms with E-state index in [9.17, 15) is 13.6 Å². The number of carbonyl (C=O) groups is 1. The molecule has 0 spiro atoms. The minimum atomic E-state index is -1.01. The first-order valence-electron chi connectivity index (χ1n) is 6.89. The summed E-state index contributed by atoms with van der Waals surface area (Å²) in [5.41, 5.74) is 1.55. The summed E-state index contributed by atoms with van der Waals surface area (Å²) in [6.07, 6.45) is 4.74. The van der Waals surface area contributed by atoms with Crippen LogP contribution in [0.4, 0.5) is 20.2 Å². The molecule has 0 bridgehead atoms. The summed E-state index contributed by atoms with van der Waals surface area (Å²) >= 11 is 0. The van der Waals surface area contributed by atoms with E-state index in [1.54, 1.807) is 6.92 Å². The summed E-state index contributed by atoms with van der Waals surface area (Å²) in [6, 6.07) is 2.27. The molecule has 1 aliphatic rings. The number of hydrogen-bond acceptors (Lipinski definition) is 4. The van der Waals surface area contributed by atoms with Gasteiger partial charge in [0, 0.05) is 18.2 Å². The van der Waals surface area contributed by atoms with Crippen LogP contribution in [0.3, 0.4) is 0 Å². The van der Waals surface area contributed by atoms with Gasteiger partial charge >= 0.3 is 0 Å². The zero-order valence-electron chi connectivity index (χ0n) is 11.9. The zero-order valence-corrected chi connectivity index (χ0v) is 11.9. The highest BCUT2D eigenvalue weighted by molar-refractivity contribution is 6.06. The fourth-order valence-electron chi connectivity index (χ4n) is 2.03. The molecule has 1 aromatic carbocycles. The third kappa shape index (κ3) is 3.03. The molecule has 0 aliphatic heterocycles. The molecule has 1 saturated carbocycles. The van der Waals surface area contributed by atoms with Crippen LogP contribution in [-0.2, 0) is 0 Å². The minimum absolute atomic E-state index is 0.201. The lowest BCUT2D eigenvalue weighted by Gasteiger charge is -2.14. The van der Waals surface area contributed by atoms with Gasteiger partial charge in [0.25, 0.3) is 5.91 Å². The van der Waals surface area contributed by atoms with Crippen molar-refractivity contribution in [1.82, 2.24) is 10.2 Å². The third-order valence-electron chi connectivity index (χ3n) is 3.42. The molecule has 1 amide bonds. The van der Waals surface area contributed by atoms with Gasteiger partial charge in [-0.2, -0.15) is 10.2 Å². The zero-order chi connectivity index (χ0) is 15.7. The normalized spacial score (nSPS) is 13.8. The number of aryl methyl sites for hydroxylation is 1. The Morgan fingerprint density at radius 1 is 1.14 bits per heavy atom. The lowest BCUT2D eigenvalue weighted by molar-refractivity contribution is 0.102. The van der Waals surface area contributed by atoms with E-state index in [1.807, 2.05) is 0 Å². The van der Waals surface area contributed by atoms with Gasteiger partial charge in [0.2, 0.25) is 0 Å². The molecule has 2 aromatic rings. The molecule has 1 aliphatic carbocycles. The van der Waals surface area contributed by atoms with Crippen molar-refractivity contribution in [2.24, 2.45) is 0 Å². The molecule has 5 nitrogen and oxygen atoms in total. The highest BCUT2D eigenvalue weighted by Crippen LogP contribution is 2.31. The van der Waals surface area contributed by atoms with Gasteiger partial charge in [0.15, 0.2) is 11.6 Å². The largest absolute Gasteiger partial charge is 0.381 e. The monoisotopic (exact) mass is 304 g/mol. The number of halogens is 2. The van der Waals surface area contributed by atoms with Crippen molar-refractivity contribution in [1.29, 1.82) is 0 Å². The molecule has 2 N–H and O–H groups in total. The highest BCUT2D eigenvalue weighted by Gasteiger charge is 2.23. The van der Waals surface area contributed by atoms with Crippen LogP contribution in [0.15, 0.2) is 24.5 Å². The predicted octanol–water partition coefficient (Wildman–Crippen LogP) is 2.89. The van der Waals surface area contributed by atoms with E-state index in [4.69, 9.17) is 0 Å². The molecule has 0 unspecified atom stereocenters. The fraction of sp³-hybridized carbons (Fsp3) is 0.267. The average Bonchev–Trinajstić information content (AvgIpc) is 3.28. The van der Waals surface area contributed by atoms with Gasteiger partial charge in [-0.25, -0.2) is 8.78 Å². The van der Waals surface area contributed by atoms with Gasteiger partial charge in [-0.15, -0.1) is 0 Å². The topological polar surface area (TPSA) is 66.9 Å². The van der Waals surface area contributed by atoms with Crippen molar-refractivity contribution in [3.63, 3.8) is 0 Å². The van der Waals surface area contributed by atoms with E-state index >= 15 is 0 Å². The van der Waals surface area contributed by atoms with Gasteiger partial charge in [-0.3, -0.25) is 4.79 Å². The maximum absolute atomic E-state index is 13.5. The van der Waals surface area contributed by atoms with Gasteiger partial charge in [0.05, 0.1) is 29.3 Å². The number of nitrogens with one attached hydrogen (secondary N) is 2. The first kappa shape index (κ1) is 14.4. The standard InChI is InChI=1S/C15H14F2N4O/c1-8-6-18-19-7-10(8)15(22)21-14-5-12(17)11(16)4-13(14)20-9-2-3-9/h4-7,9,20H,2-3H2,1H3,(H,21,22). The fourth-order valence-corrected chi connectivity index (χ4v) is 2.03. The quantitative estimate of drug-likeness (QED) is 0.911. The first-order valence-corrected chi connectivity index (χ1v) is 6.89. The van der Waals surface area contributed by atoms with Crippen LogP contribution in [0.2, 0.25) is 0 Å². The Morgan fingerprint density at radius 2 is 1.77 bits per heavy atom. The molecule has 0 radical (unpaired) electrons. The molecule has 3 rings (SSSR count). The SMILES string of the molecule is Cc1cnncc1C(=O)Nc1cc(F)c(F)cc1NC1CC1. The molecule has 1 heterocycles. The van der Waals surface area contributed by atoms with E-state index in [-0.39, 0.29) is 11.7 Å². The number of rotatable bonds is 4. The van der Waals surface area contributed by atoms with E-state index < -0.39 is 17.5 Å². The number of anilines is 2. The maximum Gasteiger partial charge on any atom is 0.257 e. The van der Waals surface area contributed by atoms with Crippen molar-refractivity contribution < 1.29 is 13.6 Å². The molecular weight excluding hydrogens is 290 g/mol. The summed E-state index contributed by atoms with van der Waals surface area (Å²) < 4.78 is 26.9. The van der Waals surface area contributed by atoms with Gasteiger partial charge in [-0.1, -0.05) is 0 Å². The van der Waals surface area contributed by atoms with Gasteiger partial charge in [0.1, 0.15) is 0 Å². The second kappa shape index (κ2) is 5.67. The number of aromatic nitrogens is 2. The van der Waals surface area contributed by atoms with E-state index in [0.717, 1.165) is 25.0 Å². The Hall–Kier alpha value is -2.57. The number of benzene rings is 1. The summed E-state index contributed by atoms with van der Waals surface area (Å²) in [6.45, 7) is 1.72. The second-order valence-corrected chi connectivity index (χ2v) is 5.27. The van der Waals surface area contributed by atoms with Crippen LogP contribution in [0, 0.1) is 18.6 Å². The van der Waals surface area contributed by atoms with Gasteiger partial charge in [-0.05, 0) is 25.3 Å². The Labute approximate surface area is 125 Å². The molecule has 22 heavy (non-hydrogen) atoms. The van der Waals surface area contributed by atoms with Crippen molar-refractivity contribution in [2.45, 2.75) is 25.8 Å². The Morgan fingerprint density at radius 3 is 2.41 bits per heavy atom. The summed E-state index contributed by atoms with van der Waals surface area (Å²) in [5, 5.41) is 13.0. The van der Waals surface area contributed by atoms with Crippen LogP contribution in [0.5, 0.6) is 0 Å². The molecule has 1 fully saturated rings. The van der Waals surface area contributed by atoms with Crippen molar-refractivity contribution in [2.75, 3.05) is 10.6 Å². The maximum atomic E-state index is 13.5. The minimum Gasteiger partial charge on any atom is -0.381 e. The van der Waals surface area contributed by atoms with E-state index in [2.05, 4.69) is 20.8 Å². The molecular formula is C15H14F2N4O. The number of amides is 1. The molecule has 1 aromatic heterocycles. The smallest absolute Gasteiger partial charge is 0.257 e. The molecule has 114 valence electrons. The van der Waals surface area contributed by atoms with Crippen LogP contribution in [-0.4, -0.2) is 22.1 Å². The van der Waals surface area contributed by atoms with Crippen molar-refractivity contribution in [3.8, 4) is 0 Å². The lowest BCUT2D eigenvalue weighted by Crippen LogP contribution is -2.16. The Bertz CT molecular complexity index is 731. The van der Waals surface area contributed by atoms with Crippen LogP contribution in [0.25, 0.3) is 0 Å². The molecule has 7 heteroatoms. The predicted molar refractivity (Wildman–Crippen MR) is 77.7 cm³/mol. The van der Waals surface area contributed by atoms with E-state index in [1.165, 1.54) is 12.4 Å². The Kier molecular flexibility index (Phi) is 3.70. The first-order chi connectivity index (χ1) is 10.5. The van der Waals surface area contributed by atoms with Gasteiger partial charge < -0.3 is 10.6 Å². The molecule has 0 saturated heterocycles. The highest BCUT2D eigenvalue weighted by atomic mass is 19.2. The van der Waals surface area contributed by atoms with Crippen LogP contribution in [0.1, 0.15) is 28.8 Å².